The van der Waals surface area contributed by atoms with Crippen molar-refractivity contribution in [3.05, 3.63) is 59.4 Å². The molecule has 0 bridgehead atoms. The van der Waals surface area contributed by atoms with Crippen molar-refractivity contribution in [1.29, 1.82) is 0 Å². The first-order chi connectivity index (χ1) is 13.4. The molecule has 0 aliphatic rings. The van der Waals surface area contributed by atoms with Crippen molar-refractivity contribution >= 4 is 11.9 Å². The summed E-state index contributed by atoms with van der Waals surface area (Å²) in [6.07, 6.45) is 0.497. The molecule has 0 aliphatic carbocycles. The Hall–Kier alpha value is -3.09. The van der Waals surface area contributed by atoms with Crippen molar-refractivity contribution in [3.8, 4) is 11.5 Å². The quantitative estimate of drug-likeness (QED) is 0.617. The second kappa shape index (κ2) is 10.3. The average molecular weight is 389 g/mol. The van der Waals surface area contributed by atoms with Gasteiger partial charge in [0.25, 0.3) is 5.91 Å². The SMILES string of the molecule is COc1cccc(CCC(=O)OCC(=O)N(C)Cc2cccc(F)c2)c1OC. The number of hydrogen-bond acceptors (Lipinski definition) is 5. The van der Waals surface area contributed by atoms with Crippen LogP contribution in [0.25, 0.3) is 0 Å². The summed E-state index contributed by atoms with van der Waals surface area (Å²) in [5.74, 6) is -0.0575. The van der Waals surface area contributed by atoms with Crippen molar-refractivity contribution in [3.63, 3.8) is 0 Å². The lowest BCUT2D eigenvalue weighted by molar-refractivity contribution is -0.151. The van der Waals surface area contributed by atoms with Crippen LogP contribution in [0.4, 0.5) is 4.39 Å². The first-order valence-electron chi connectivity index (χ1n) is 8.78. The Kier molecular flexibility index (Phi) is 7.80. The fourth-order valence-electron chi connectivity index (χ4n) is 2.71. The number of amides is 1. The van der Waals surface area contributed by atoms with Gasteiger partial charge in [-0.2, -0.15) is 0 Å². The van der Waals surface area contributed by atoms with Crippen LogP contribution >= 0.6 is 0 Å². The van der Waals surface area contributed by atoms with Gasteiger partial charge in [0.15, 0.2) is 18.1 Å². The summed E-state index contributed by atoms with van der Waals surface area (Å²) in [4.78, 5) is 25.5. The maximum atomic E-state index is 13.2. The number of ether oxygens (including phenoxy) is 3. The van der Waals surface area contributed by atoms with E-state index in [9.17, 15) is 14.0 Å². The number of esters is 1. The average Bonchev–Trinajstić information content (AvgIpc) is 2.69. The van der Waals surface area contributed by atoms with Gasteiger partial charge in [-0.1, -0.05) is 24.3 Å². The van der Waals surface area contributed by atoms with Gasteiger partial charge >= 0.3 is 5.97 Å². The van der Waals surface area contributed by atoms with Crippen molar-refractivity contribution in [2.45, 2.75) is 19.4 Å². The maximum absolute atomic E-state index is 13.2. The normalized spacial score (nSPS) is 10.3. The van der Waals surface area contributed by atoms with Gasteiger partial charge in [0.05, 0.1) is 14.2 Å². The van der Waals surface area contributed by atoms with Gasteiger partial charge < -0.3 is 19.1 Å². The smallest absolute Gasteiger partial charge is 0.306 e. The third-order valence-electron chi connectivity index (χ3n) is 4.17. The van der Waals surface area contributed by atoms with Gasteiger partial charge in [-0.15, -0.1) is 0 Å². The monoisotopic (exact) mass is 389 g/mol. The second-order valence-electron chi connectivity index (χ2n) is 6.19. The van der Waals surface area contributed by atoms with Crippen LogP contribution in [0, 0.1) is 5.82 Å². The minimum atomic E-state index is -0.489. The topological polar surface area (TPSA) is 65.1 Å². The number of halogens is 1. The van der Waals surface area contributed by atoms with Crippen LogP contribution in [0.2, 0.25) is 0 Å². The number of aryl methyl sites for hydroxylation is 1. The zero-order valence-electron chi connectivity index (χ0n) is 16.2. The van der Waals surface area contributed by atoms with E-state index in [0.717, 1.165) is 5.56 Å². The Morgan fingerprint density at radius 1 is 1.07 bits per heavy atom. The number of para-hydroxylation sites is 1. The van der Waals surface area contributed by atoms with Crippen LogP contribution < -0.4 is 9.47 Å². The van der Waals surface area contributed by atoms with E-state index < -0.39 is 5.97 Å². The van der Waals surface area contributed by atoms with E-state index in [2.05, 4.69) is 0 Å². The van der Waals surface area contributed by atoms with Gasteiger partial charge in [0.1, 0.15) is 5.82 Å². The summed E-state index contributed by atoms with van der Waals surface area (Å²) in [5.41, 5.74) is 1.47. The van der Waals surface area contributed by atoms with E-state index >= 15 is 0 Å². The molecular weight excluding hydrogens is 365 g/mol. The Bertz CT molecular complexity index is 824. The van der Waals surface area contributed by atoms with Crippen molar-refractivity contribution in [2.75, 3.05) is 27.9 Å². The third-order valence-corrected chi connectivity index (χ3v) is 4.17. The molecule has 0 radical (unpaired) electrons. The molecule has 0 fully saturated rings. The molecule has 28 heavy (non-hydrogen) atoms. The minimum absolute atomic E-state index is 0.102. The number of carbonyl (C=O) groups excluding carboxylic acids is 2. The van der Waals surface area contributed by atoms with E-state index in [-0.39, 0.29) is 31.3 Å². The van der Waals surface area contributed by atoms with E-state index in [4.69, 9.17) is 14.2 Å². The molecule has 2 aromatic carbocycles. The van der Waals surface area contributed by atoms with Crippen molar-refractivity contribution in [1.82, 2.24) is 4.90 Å². The maximum Gasteiger partial charge on any atom is 0.306 e. The van der Waals surface area contributed by atoms with Crippen LogP contribution in [0.5, 0.6) is 11.5 Å². The van der Waals surface area contributed by atoms with Crippen LogP contribution in [0.3, 0.4) is 0 Å². The van der Waals surface area contributed by atoms with E-state index in [0.29, 0.717) is 23.5 Å². The molecule has 0 atom stereocenters. The molecule has 0 aromatic heterocycles. The number of rotatable bonds is 9. The molecule has 7 heteroatoms. The standard InChI is InChI=1S/C21H24FNO5/c1-23(13-15-6-4-8-17(22)12-15)19(24)14-28-20(25)11-10-16-7-5-9-18(26-2)21(16)27-3/h4-9,12H,10-11,13-14H2,1-3H3. The third kappa shape index (κ3) is 5.97. The van der Waals surface area contributed by atoms with Gasteiger partial charge in [-0.05, 0) is 35.7 Å². The Morgan fingerprint density at radius 2 is 1.82 bits per heavy atom. The first kappa shape index (κ1) is 21.2. The van der Waals surface area contributed by atoms with Gasteiger partial charge in [-0.25, -0.2) is 4.39 Å². The molecule has 2 aromatic rings. The summed E-state index contributed by atoms with van der Waals surface area (Å²) in [7, 11) is 4.65. The Labute approximate surface area is 163 Å². The van der Waals surface area contributed by atoms with Gasteiger partial charge in [0, 0.05) is 20.0 Å². The minimum Gasteiger partial charge on any atom is -0.493 e. The first-order valence-corrected chi connectivity index (χ1v) is 8.78. The molecule has 0 spiro atoms. The molecule has 1 amide bonds. The molecule has 2 rings (SSSR count). The fourth-order valence-corrected chi connectivity index (χ4v) is 2.71. The van der Waals surface area contributed by atoms with Crippen LogP contribution in [-0.2, 0) is 27.3 Å². The zero-order chi connectivity index (χ0) is 20.5. The fraction of sp³-hybridized carbons (Fsp3) is 0.333. The molecule has 0 unspecified atom stereocenters. The highest BCUT2D eigenvalue weighted by molar-refractivity contribution is 5.80. The molecule has 6 nitrogen and oxygen atoms in total. The van der Waals surface area contributed by atoms with Crippen LogP contribution in [0.15, 0.2) is 42.5 Å². The Morgan fingerprint density at radius 3 is 2.50 bits per heavy atom. The lowest BCUT2D eigenvalue weighted by atomic mass is 10.1. The number of benzene rings is 2. The molecule has 150 valence electrons. The predicted octanol–water partition coefficient (Wildman–Crippen LogP) is 2.98. The molecule has 0 saturated carbocycles. The summed E-state index contributed by atoms with van der Waals surface area (Å²) in [6, 6.07) is 11.4. The molecule has 0 saturated heterocycles. The number of carbonyl (C=O) groups is 2. The predicted molar refractivity (Wildman–Crippen MR) is 102 cm³/mol. The molecule has 0 heterocycles. The summed E-state index contributed by atoms with van der Waals surface area (Å²) in [6.45, 7) is -0.130. The zero-order valence-corrected chi connectivity index (χ0v) is 16.2. The summed E-state index contributed by atoms with van der Waals surface area (Å²) < 4.78 is 28.8. The summed E-state index contributed by atoms with van der Waals surface area (Å²) >= 11 is 0. The number of nitrogens with zero attached hydrogens (tertiary/aromatic N) is 1. The van der Waals surface area contributed by atoms with Crippen molar-refractivity contribution in [2.24, 2.45) is 0 Å². The van der Waals surface area contributed by atoms with E-state index in [1.807, 2.05) is 12.1 Å². The summed E-state index contributed by atoms with van der Waals surface area (Å²) in [5, 5.41) is 0. The highest BCUT2D eigenvalue weighted by atomic mass is 19.1. The van der Waals surface area contributed by atoms with Gasteiger partial charge in [-0.3, -0.25) is 9.59 Å². The van der Waals surface area contributed by atoms with E-state index in [1.54, 1.807) is 32.4 Å². The molecule has 0 N–H and O–H groups in total. The second-order valence-corrected chi connectivity index (χ2v) is 6.19. The Balaban J connectivity index is 1.81. The number of methoxy groups -OCH3 is 2. The van der Waals surface area contributed by atoms with Crippen molar-refractivity contribution < 1.29 is 28.2 Å². The molecule has 0 aliphatic heterocycles. The highest BCUT2D eigenvalue weighted by Gasteiger charge is 2.15. The lowest BCUT2D eigenvalue weighted by Gasteiger charge is -2.17. The van der Waals surface area contributed by atoms with Crippen LogP contribution in [-0.4, -0.2) is 44.7 Å². The lowest BCUT2D eigenvalue weighted by Crippen LogP contribution is -2.30. The number of hydrogen-bond donors (Lipinski definition) is 0. The molecular formula is C21H24FNO5. The van der Waals surface area contributed by atoms with E-state index in [1.165, 1.54) is 24.1 Å². The number of likely N-dealkylation sites (N-methyl/N-ethyl adjacent to an activating group) is 1. The highest BCUT2D eigenvalue weighted by Crippen LogP contribution is 2.31. The van der Waals surface area contributed by atoms with Crippen LogP contribution in [0.1, 0.15) is 17.5 Å². The van der Waals surface area contributed by atoms with Gasteiger partial charge in [0.2, 0.25) is 0 Å². The largest absolute Gasteiger partial charge is 0.493 e.